The Hall–Kier alpha value is -2.68. The van der Waals surface area contributed by atoms with E-state index >= 15 is 0 Å². The van der Waals surface area contributed by atoms with Gasteiger partial charge in [0, 0.05) is 13.1 Å². The summed E-state index contributed by atoms with van der Waals surface area (Å²) in [5.41, 5.74) is 1.12. The number of morpholine rings is 1. The van der Waals surface area contributed by atoms with Crippen LogP contribution in [0.15, 0.2) is 53.1 Å². The van der Waals surface area contributed by atoms with E-state index in [1.165, 1.54) is 15.9 Å². The monoisotopic (exact) mass is 410 g/mol. The van der Waals surface area contributed by atoms with E-state index < -0.39 is 0 Å². The van der Waals surface area contributed by atoms with Crippen molar-refractivity contribution in [3.05, 3.63) is 59.2 Å². The topological polar surface area (TPSA) is 76.0 Å². The van der Waals surface area contributed by atoms with Crippen molar-refractivity contribution in [2.75, 3.05) is 13.1 Å². The van der Waals surface area contributed by atoms with Crippen LogP contribution in [0.25, 0.3) is 16.5 Å². The van der Waals surface area contributed by atoms with E-state index in [0.717, 1.165) is 23.5 Å². The molecule has 3 atom stereocenters. The Morgan fingerprint density at radius 1 is 1.10 bits per heavy atom. The second-order valence-corrected chi connectivity index (χ2v) is 8.43. The molecule has 4 heterocycles. The van der Waals surface area contributed by atoms with Crippen molar-refractivity contribution in [2.45, 2.75) is 32.1 Å². The first kappa shape index (κ1) is 18.4. The predicted octanol–water partition coefficient (Wildman–Crippen LogP) is 3.96. The highest BCUT2D eigenvalue weighted by molar-refractivity contribution is 7.17. The molecule has 1 aliphatic heterocycles. The molecule has 1 aliphatic rings. The fourth-order valence-electron chi connectivity index (χ4n) is 4.03. The Morgan fingerprint density at radius 2 is 1.86 bits per heavy atom. The molecule has 0 bridgehead atoms. The maximum Gasteiger partial charge on any atom is 0.230 e. The molecule has 4 aromatic rings. The lowest BCUT2D eigenvalue weighted by molar-refractivity contribution is -0.0764. The van der Waals surface area contributed by atoms with Crippen LogP contribution >= 0.6 is 11.3 Å². The van der Waals surface area contributed by atoms with Crippen molar-refractivity contribution in [3.8, 4) is 17.5 Å². The zero-order chi connectivity index (χ0) is 20.0. The van der Waals surface area contributed by atoms with Crippen molar-refractivity contribution in [3.63, 3.8) is 0 Å². The van der Waals surface area contributed by atoms with Crippen LogP contribution < -0.4 is 0 Å². The van der Waals surface area contributed by atoms with Crippen LogP contribution in [0.5, 0.6) is 5.88 Å². The highest BCUT2D eigenvalue weighted by Crippen LogP contribution is 2.41. The third kappa shape index (κ3) is 3.33. The van der Waals surface area contributed by atoms with E-state index in [9.17, 15) is 5.11 Å². The summed E-state index contributed by atoms with van der Waals surface area (Å²) < 4.78 is 12.8. The molecule has 29 heavy (non-hydrogen) atoms. The van der Waals surface area contributed by atoms with E-state index in [2.05, 4.69) is 41.0 Å². The fourth-order valence-corrected chi connectivity index (χ4v) is 5.15. The minimum absolute atomic E-state index is 0.0921. The second-order valence-electron chi connectivity index (χ2n) is 7.42. The number of rotatable bonds is 4. The molecule has 5 rings (SSSR count). The van der Waals surface area contributed by atoms with E-state index in [0.29, 0.717) is 16.5 Å². The van der Waals surface area contributed by atoms with Gasteiger partial charge in [-0.2, -0.15) is 9.50 Å². The number of hydrogen-bond acceptors (Lipinski definition) is 7. The molecule has 8 heteroatoms. The molecule has 0 spiro atoms. The number of nitrogens with zero attached hydrogens (tertiary/aromatic N) is 4. The highest BCUT2D eigenvalue weighted by atomic mass is 32.1. The summed E-state index contributed by atoms with van der Waals surface area (Å²) in [6.07, 6.45) is 1.83. The van der Waals surface area contributed by atoms with Crippen LogP contribution in [-0.2, 0) is 4.74 Å². The number of ether oxygens (including phenoxy) is 1. The third-order valence-corrected chi connectivity index (χ3v) is 6.19. The Bertz CT molecular complexity index is 1100. The molecular weight excluding hydrogens is 388 g/mol. The van der Waals surface area contributed by atoms with E-state index in [1.807, 2.05) is 18.2 Å². The van der Waals surface area contributed by atoms with Crippen LogP contribution in [0.3, 0.4) is 0 Å². The predicted molar refractivity (Wildman–Crippen MR) is 110 cm³/mol. The SMILES string of the molecule is C[C@H]1CN([C@H](c2ccccc2)c2sc3nc(-c4ccco4)nn3c2O)C[C@H](C)O1. The van der Waals surface area contributed by atoms with Crippen LogP contribution in [0.2, 0.25) is 0 Å². The Kier molecular flexibility index (Phi) is 4.61. The Balaban J connectivity index is 1.59. The van der Waals surface area contributed by atoms with Gasteiger partial charge in [-0.3, -0.25) is 4.90 Å². The van der Waals surface area contributed by atoms with Gasteiger partial charge >= 0.3 is 0 Å². The maximum atomic E-state index is 11.1. The number of aromatic nitrogens is 3. The van der Waals surface area contributed by atoms with E-state index in [-0.39, 0.29) is 24.1 Å². The molecule has 0 aliphatic carbocycles. The first-order valence-electron chi connectivity index (χ1n) is 9.67. The van der Waals surface area contributed by atoms with Gasteiger partial charge in [0.1, 0.15) is 0 Å². The molecule has 7 nitrogen and oxygen atoms in total. The van der Waals surface area contributed by atoms with Crippen molar-refractivity contribution < 1.29 is 14.3 Å². The lowest BCUT2D eigenvalue weighted by Gasteiger charge is -2.40. The summed E-state index contributed by atoms with van der Waals surface area (Å²) in [4.78, 5) is 8.40. The number of fused-ring (bicyclic) bond motifs is 1. The van der Waals surface area contributed by atoms with Gasteiger partial charge in [-0.1, -0.05) is 41.7 Å². The average Bonchev–Trinajstić information content (AvgIpc) is 3.41. The van der Waals surface area contributed by atoms with Crippen LogP contribution in [0.4, 0.5) is 0 Å². The molecule has 1 aromatic carbocycles. The first-order valence-corrected chi connectivity index (χ1v) is 10.5. The van der Waals surface area contributed by atoms with Crippen LogP contribution in [-0.4, -0.2) is 49.9 Å². The van der Waals surface area contributed by atoms with Crippen LogP contribution in [0.1, 0.15) is 30.3 Å². The Labute approximate surface area is 172 Å². The van der Waals surface area contributed by atoms with Gasteiger partial charge in [-0.25, -0.2) is 0 Å². The molecule has 0 saturated carbocycles. The van der Waals surface area contributed by atoms with Crippen molar-refractivity contribution >= 4 is 16.3 Å². The van der Waals surface area contributed by atoms with Gasteiger partial charge in [0.2, 0.25) is 16.7 Å². The van der Waals surface area contributed by atoms with E-state index in [1.54, 1.807) is 18.4 Å². The van der Waals surface area contributed by atoms with Gasteiger partial charge < -0.3 is 14.3 Å². The average molecular weight is 410 g/mol. The van der Waals surface area contributed by atoms with Gasteiger partial charge in [0.25, 0.3) is 0 Å². The van der Waals surface area contributed by atoms with Gasteiger partial charge in [0.05, 0.1) is 29.4 Å². The summed E-state index contributed by atoms with van der Waals surface area (Å²) in [7, 11) is 0. The molecule has 0 radical (unpaired) electrons. The molecule has 150 valence electrons. The second kappa shape index (κ2) is 7.29. The lowest BCUT2D eigenvalue weighted by Crippen LogP contribution is -2.47. The molecule has 0 unspecified atom stereocenters. The highest BCUT2D eigenvalue weighted by Gasteiger charge is 2.34. The largest absolute Gasteiger partial charge is 0.492 e. The molecule has 1 fully saturated rings. The quantitative estimate of drug-likeness (QED) is 0.549. The normalized spacial score (nSPS) is 21.6. The summed E-state index contributed by atoms with van der Waals surface area (Å²) in [5, 5.41) is 15.5. The molecular formula is C21H22N4O3S. The molecule has 3 aromatic heterocycles. The number of hydrogen-bond donors (Lipinski definition) is 1. The summed E-state index contributed by atoms with van der Waals surface area (Å²) in [5.74, 6) is 1.17. The van der Waals surface area contributed by atoms with Gasteiger partial charge in [-0.05, 0) is 31.5 Å². The fraction of sp³-hybridized carbons (Fsp3) is 0.333. The first-order chi connectivity index (χ1) is 14.1. The summed E-state index contributed by atoms with van der Waals surface area (Å²) in [6.45, 7) is 5.75. The minimum atomic E-state index is -0.0921. The smallest absolute Gasteiger partial charge is 0.230 e. The van der Waals surface area contributed by atoms with Crippen molar-refractivity contribution in [1.82, 2.24) is 19.5 Å². The maximum absolute atomic E-state index is 11.1. The van der Waals surface area contributed by atoms with Crippen molar-refractivity contribution in [2.24, 2.45) is 0 Å². The van der Waals surface area contributed by atoms with E-state index in [4.69, 9.17) is 9.15 Å². The zero-order valence-corrected chi connectivity index (χ0v) is 17.0. The van der Waals surface area contributed by atoms with Crippen molar-refractivity contribution in [1.29, 1.82) is 0 Å². The van der Waals surface area contributed by atoms with Gasteiger partial charge in [0.15, 0.2) is 5.76 Å². The van der Waals surface area contributed by atoms with Gasteiger partial charge in [-0.15, -0.1) is 5.10 Å². The number of aromatic hydroxyl groups is 1. The third-order valence-electron chi connectivity index (χ3n) is 5.12. The number of thiazole rings is 1. The summed E-state index contributed by atoms with van der Waals surface area (Å²) in [6, 6.07) is 13.8. The van der Waals surface area contributed by atoms with Crippen LogP contribution in [0, 0.1) is 0 Å². The lowest BCUT2D eigenvalue weighted by atomic mass is 10.0. The Morgan fingerprint density at radius 3 is 2.52 bits per heavy atom. The zero-order valence-electron chi connectivity index (χ0n) is 16.2. The molecule has 1 N–H and O–H groups in total. The molecule has 1 saturated heterocycles. The summed E-state index contributed by atoms with van der Waals surface area (Å²) >= 11 is 1.46. The molecule has 0 amide bonds. The minimum Gasteiger partial charge on any atom is -0.492 e. The standard InChI is InChI=1S/C21H22N4O3S/c1-13-11-24(12-14(2)28-13)17(15-7-4-3-5-8-15)18-20(26)25-21(29-18)22-19(23-25)16-9-6-10-27-16/h3-10,13-14,17,26H,11-12H2,1-2H3/t13-,14-,17+/m0/s1. The number of benzene rings is 1. The number of furan rings is 1.